The molecule has 1 unspecified atom stereocenters. The Morgan fingerprint density at radius 1 is 1.27 bits per heavy atom. The largest absolute Gasteiger partial charge is 0.480 e. The van der Waals surface area contributed by atoms with Gasteiger partial charge >= 0.3 is 0 Å². The maximum Gasteiger partial charge on any atom is 0.237 e. The number of ether oxygens (including phenoxy) is 1. The molecule has 2 aliphatic heterocycles. The first-order chi connectivity index (χ1) is 14.5. The van der Waals surface area contributed by atoms with Gasteiger partial charge in [0.05, 0.1) is 24.6 Å². The van der Waals surface area contributed by atoms with Gasteiger partial charge in [-0.25, -0.2) is 9.97 Å². The van der Waals surface area contributed by atoms with Crippen LogP contribution in [-0.4, -0.2) is 39.4 Å². The predicted octanol–water partition coefficient (Wildman–Crippen LogP) is 4.54. The van der Waals surface area contributed by atoms with Crippen molar-refractivity contribution in [2.24, 2.45) is 0 Å². The summed E-state index contributed by atoms with van der Waals surface area (Å²) in [6, 6.07) is 6.20. The lowest BCUT2D eigenvalue weighted by atomic mass is 9.85. The molecule has 154 valence electrons. The molecule has 9 heteroatoms. The number of methoxy groups -OCH3 is 1. The van der Waals surface area contributed by atoms with Crippen LogP contribution in [0.1, 0.15) is 29.8 Å². The zero-order valence-corrected chi connectivity index (χ0v) is 18.2. The van der Waals surface area contributed by atoms with Crippen LogP contribution in [0.3, 0.4) is 0 Å². The number of amides is 1. The van der Waals surface area contributed by atoms with E-state index in [0.29, 0.717) is 23.3 Å². The number of halogens is 1. The van der Waals surface area contributed by atoms with Crippen LogP contribution < -0.4 is 10.1 Å². The SMILES string of the molecule is COc1nc(Nc2cc(C)cc(-c3cnc(C45CCCN4C(=O)C5)s3)c2)ncc1Cl. The van der Waals surface area contributed by atoms with Crippen molar-refractivity contribution in [3.05, 3.63) is 46.2 Å². The molecule has 0 saturated carbocycles. The van der Waals surface area contributed by atoms with Gasteiger partial charge in [0.15, 0.2) is 0 Å². The van der Waals surface area contributed by atoms with Crippen molar-refractivity contribution in [3.8, 4) is 16.3 Å². The summed E-state index contributed by atoms with van der Waals surface area (Å²) in [6.07, 6.45) is 6.05. The zero-order valence-electron chi connectivity index (χ0n) is 16.6. The molecular weight excluding hydrogens is 422 g/mol. The van der Waals surface area contributed by atoms with Gasteiger partial charge in [0, 0.05) is 18.4 Å². The van der Waals surface area contributed by atoms with Gasteiger partial charge in [-0.3, -0.25) is 4.79 Å². The number of carbonyl (C=O) groups is 1. The van der Waals surface area contributed by atoms with Gasteiger partial charge in [0.25, 0.3) is 0 Å². The van der Waals surface area contributed by atoms with Crippen LogP contribution in [-0.2, 0) is 10.3 Å². The minimum atomic E-state index is -0.168. The molecular formula is C21H20ClN5O2S. The van der Waals surface area contributed by atoms with Gasteiger partial charge in [-0.1, -0.05) is 17.7 Å². The average molecular weight is 442 g/mol. The van der Waals surface area contributed by atoms with Crippen molar-refractivity contribution in [3.63, 3.8) is 0 Å². The van der Waals surface area contributed by atoms with Crippen LogP contribution in [0.2, 0.25) is 5.02 Å². The molecule has 2 fully saturated rings. The van der Waals surface area contributed by atoms with Gasteiger partial charge in [-0.2, -0.15) is 4.98 Å². The highest BCUT2D eigenvalue weighted by atomic mass is 35.5. The zero-order chi connectivity index (χ0) is 20.9. The van der Waals surface area contributed by atoms with Gasteiger partial charge in [0.2, 0.25) is 17.7 Å². The lowest BCUT2D eigenvalue weighted by molar-refractivity contribution is -0.153. The molecule has 1 amide bonds. The molecule has 5 rings (SSSR count). The molecule has 0 bridgehead atoms. The Balaban J connectivity index is 1.43. The van der Waals surface area contributed by atoms with Crippen LogP contribution in [0.25, 0.3) is 10.4 Å². The monoisotopic (exact) mass is 441 g/mol. The molecule has 7 nitrogen and oxygen atoms in total. The molecule has 1 aromatic carbocycles. The van der Waals surface area contributed by atoms with Crippen molar-refractivity contribution < 1.29 is 9.53 Å². The van der Waals surface area contributed by atoms with Crippen LogP contribution in [0.5, 0.6) is 5.88 Å². The number of thiazole rings is 1. The van der Waals surface area contributed by atoms with Crippen molar-refractivity contribution in [2.75, 3.05) is 19.0 Å². The summed E-state index contributed by atoms with van der Waals surface area (Å²) in [6.45, 7) is 2.89. The van der Waals surface area contributed by atoms with E-state index in [0.717, 1.165) is 46.1 Å². The van der Waals surface area contributed by atoms with E-state index in [9.17, 15) is 4.79 Å². The minimum absolute atomic E-state index is 0.168. The fourth-order valence-electron chi connectivity index (χ4n) is 4.28. The quantitative estimate of drug-likeness (QED) is 0.585. The second-order valence-corrected chi connectivity index (χ2v) is 9.09. The summed E-state index contributed by atoms with van der Waals surface area (Å²) >= 11 is 7.68. The molecule has 2 aliphatic rings. The number of aromatic nitrogens is 3. The first-order valence-electron chi connectivity index (χ1n) is 9.71. The van der Waals surface area contributed by atoms with Crippen LogP contribution in [0.15, 0.2) is 30.6 Å². The molecule has 1 N–H and O–H groups in total. The molecule has 30 heavy (non-hydrogen) atoms. The molecule has 0 aliphatic carbocycles. The Morgan fingerprint density at radius 2 is 2.13 bits per heavy atom. The van der Waals surface area contributed by atoms with Crippen molar-refractivity contribution in [1.82, 2.24) is 19.9 Å². The highest BCUT2D eigenvalue weighted by molar-refractivity contribution is 7.15. The summed E-state index contributed by atoms with van der Waals surface area (Å²) in [7, 11) is 1.52. The van der Waals surface area contributed by atoms with E-state index in [2.05, 4.69) is 21.4 Å². The number of anilines is 2. The van der Waals surface area contributed by atoms with Crippen molar-refractivity contribution in [2.45, 2.75) is 31.7 Å². The summed E-state index contributed by atoms with van der Waals surface area (Å²) < 4.78 is 5.17. The number of benzene rings is 1. The number of nitrogens with one attached hydrogen (secondary N) is 1. The van der Waals surface area contributed by atoms with Gasteiger partial charge in [0.1, 0.15) is 15.6 Å². The van der Waals surface area contributed by atoms with Crippen LogP contribution in [0.4, 0.5) is 11.6 Å². The fraction of sp³-hybridized carbons (Fsp3) is 0.333. The number of aryl methyl sites for hydroxylation is 1. The van der Waals surface area contributed by atoms with E-state index in [1.54, 1.807) is 11.3 Å². The predicted molar refractivity (Wildman–Crippen MR) is 116 cm³/mol. The standard InChI is InChI=1S/C21H20ClN5O2S/c1-12-6-13(8-14(7-12)25-20-24-10-15(22)18(26-20)29-2)16-11-23-19(30-16)21-4-3-5-27(21)17(28)9-21/h6-8,10-11H,3-5,9H2,1-2H3,(H,24,25,26). The van der Waals surface area contributed by atoms with E-state index in [4.69, 9.17) is 21.3 Å². The Morgan fingerprint density at radius 3 is 2.93 bits per heavy atom. The average Bonchev–Trinajstić information content (AvgIpc) is 3.34. The third-order valence-electron chi connectivity index (χ3n) is 5.66. The number of hydrogen-bond acceptors (Lipinski definition) is 7. The number of fused-ring (bicyclic) bond motifs is 1. The number of carbonyl (C=O) groups excluding carboxylic acids is 1. The first kappa shape index (κ1) is 19.3. The molecule has 1 atom stereocenters. The molecule has 3 aromatic rings. The third-order valence-corrected chi connectivity index (χ3v) is 7.16. The van der Waals surface area contributed by atoms with E-state index >= 15 is 0 Å². The normalized spacial score (nSPS) is 20.1. The van der Waals surface area contributed by atoms with Gasteiger partial charge < -0.3 is 15.0 Å². The molecule has 2 saturated heterocycles. The summed E-state index contributed by atoms with van der Waals surface area (Å²) in [4.78, 5) is 28.2. The van der Waals surface area contributed by atoms with Crippen molar-refractivity contribution >= 4 is 40.5 Å². The Kier molecular flexibility index (Phi) is 4.63. The van der Waals surface area contributed by atoms with E-state index < -0.39 is 0 Å². The van der Waals surface area contributed by atoms with Gasteiger partial charge in [-0.15, -0.1) is 11.3 Å². The van der Waals surface area contributed by atoms with Crippen molar-refractivity contribution in [1.29, 1.82) is 0 Å². The summed E-state index contributed by atoms with van der Waals surface area (Å²) in [5.74, 6) is 0.973. The smallest absolute Gasteiger partial charge is 0.237 e. The maximum absolute atomic E-state index is 12.0. The Hall–Kier alpha value is -2.71. The Bertz CT molecular complexity index is 1150. The molecule has 2 aromatic heterocycles. The summed E-state index contributed by atoms with van der Waals surface area (Å²) in [5, 5.41) is 4.62. The minimum Gasteiger partial charge on any atom is -0.480 e. The molecule has 4 heterocycles. The number of nitrogens with zero attached hydrogens (tertiary/aromatic N) is 4. The van der Waals surface area contributed by atoms with E-state index in [1.165, 1.54) is 13.3 Å². The second-order valence-electron chi connectivity index (χ2n) is 7.65. The molecule has 0 radical (unpaired) electrons. The fourth-order valence-corrected chi connectivity index (χ4v) is 5.58. The Labute approximate surface area is 183 Å². The topological polar surface area (TPSA) is 80.2 Å². The maximum atomic E-state index is 12.0. The second kappa shape index (κ2) is 7.21. The highest BCUT2D eigenvalue weighted by Gasteiger charge is 2.56. The first-order valence-corrected chi connectivity index (χ1v) is 10.9. The number of hydrogen-bond donors (Lipinski definition) is 1. The van der Waals surface area contributed by atoms with Crippen LogP contribution in [0, 0.1) is 6.92 Å². The third kappa shape index (κ3) is 3.11. The molecule has 0 spiro atoms. The summed E-state index contributed by atoms with van der Waals surface area (Å²) in [5.41, 5.74) is 2.86. The van der Waals surface area contributed by atoms with E-state index in [1.807, 2.05) is 30.2 Å². The number of β-lactam (4-membered cyclic amide) rings is 1. The lowest BCUT2D eigenvalue weighted by Crippen LogP contribution is -2.57. The highest BCUT2D eigenvalue weighted by Crippen LogP contribution is 2.51. The lowest BCUT2D eigenvalue weighted by Gasteiger charge is -2.45. The van der Waals surface area contributed by atoms with E-state index in [-0.39, 0.29) is 11.4 Å². The van der Waals surface area contributed by atoms with Gasteiger partial charge in [-0.05, 0) is 43.0 Å². The number of rotatable bonds is 5. The van der Waals surface area contributed by atoms with Crippen LogP contribution >= 0.6 is 22.9 Å².